The number of fused-ring (bicyclic) bond motifs is 1. The van der Waals surface area contributed by atoms with Gasteiger partial charge in [0.1, 0.15) is 5.75 Å². The molecular formula is C23H18O. The fourth-order valence-electron chi connectivity index (χ4n) is 3.19. The van der Waals surface area contributed by atoms with Crippen LogP contribution in [0.1, 0.15) is 0 Å². The summed E-state index contributed by atoms with van der Waals surface area (Å²) in [6, 6.07) is 31.8. The molecule has 4 aromatic carbocycles. The Morgan fingerprint density at radius 3 is 1.54 bits per heavy atom. The predicted molar refractivity (Wildman–Crippen MR) is 101 cm³/mol. The Kier molecular flexibility index (Phi) is 3.76. The molecule has 0 saturated heterocycles. The van der Waals surface area contributed by atoms with Crippen LogP contribution in [0.15, 0.2) is 91.0 Å². The molecule has 0 spiro atoms. The first-order chi connectivity index (χ1) is 11.9. The third-order valence-electron chi connectivity index (χ3n) is 4.41. The largest absolute Gasteiger partial charge is 0.497 e. The van der Waals surface area contributed by atoms with Crippen LogP contribution in [-0.2, 0) is 0 Å². The summed E-state index contributed by atoms with van der Waals surface area (Å²) in [7, 11) is 1.69. The van der Waals surface area contributed by atoms with E-state index in [9.17, 15) is 0 Å². The predicted octanol–water partition coefficient (Wildman–Crippen LogP) is 6.18. The lowest BCUT2D eigenvalue weighted by Gasteiger charge is -2.12. The maximum Gasteiger partial charge on any atom is 0.118 e. The van der Waals surface area contributed by atoms with Crippen molar-refractivity contribution in [3.63, 3.8) is 0 Å². The van der Waals surface area contributed by atoms with Crippen LogP contribution in [0.2, 0.25) is 0 Å². The van der Waals surface area contributed by atoms with E-state index >= 15 is 0 Å². The summed E-state index contributed by atoms with van der Waals surface area (Å²) in [5.74, 6) is 0.879. The number of methoxy groups -OCH3 is 1. The Bertz CT molecular complexity index is 970. The van der Waals surface area contributed by atoms with Gasteiger partial charge >= 0.3 is 0 Å². The zero-order valence-electron chi connectivity index (χ0n) is 13.6. The zero-order valence-corrected chi connectivity index (χ0v) is 13.6. The normalized spacial score (nSPS) is 10.7. The molecule has 116 valence electrons. The maximum absolute atomic E-state index is 5.27. The first kappa shape index (κ1) is 14.5. The highest BCUT2D eigenvalue weighted by atomic mass is 16.5. The Balaban J connectivity index is 1.92. The van der Waals surface area contributed by atoms with E-state index in [1.165, 1.54) is 33.0 Å². The van der Waals surface area contributed by atoms with Gasteiger partial charge in [-0.1, -0.05) is 78.9 Å². The number of hydrogen-bond donors (Lipinski definition) is 0. The molecule has 0 aromatic heterocycles. The van der Waals surface area contributed by atoms with Crippen molar-refractivity contribution in [2.75, 3.05) is 7.11 Å². The van der Waals surface area contributed by atoms with Gasteiger partial charge < -0.3 is 4.74 Å². The maximum atomic E-state index is 5.27. The van der Waals surface area contributed by atoms with Gasteiger partial charge in [0, 0.05) is 0 Å². The summed E-state index contributed by atoms with van der Waals surface area (Å²) in [6.45, 7) is 0. The van der Waals surface area contributed by atoms with Crippen molar-refractivity contribution in [2.24, 2.45) is 0 Å². The Labute approximate surface area is 142 Å². The average Bonchev–Trinajstić information content (AvgIpc) is 2.68. The second-order valence-corrected chi connectivity index (χ2v) is 5.80. The van der Waals surface area contributed by atoms with Crippen molar-refractivity contribution in [3.8, 4) is 28.0 Å². The van der Waals surface area contributed by atoms with Crippen LogP contribution in [0.5, 0.6) is 5.75 Å². The van der Waals surface area contributed by atoms with Crippen molar-refractivity contribution in [3.05, 3.63) is 91.0 Å². The smallest absolute Gasteiger partial charge is 0.118 e. The monoisotopic (exact) mass is 310 g/mol. The van der Waals surface area contributed by atoms with Gasteiger partial charge in [0.25, 0.3) is 0 Å². The quantitative estimate of drug-likeness (QED) is 0.439. The molecule has 0 unspecified atom stereocenters. The van der Waals surface area contributed by atoms with Crippen molar-refractivity contribution < 1.29 is 4.74 Å². The lowest BCUT2D eigenvalue weighted by atomic mass is 9.92. The molecule has 24 heavy (non-hydrogen) atoms. The summed E-state index contributed by atoms with van der Waals surface area (Å²) >= 11 is 0. The van der Waals surface area contributed by atoms with Crippen molar-refractivity contribution in [2.45, 2.75) is 0 Å². The second-order valence-electron chi connectivity index (χ2n) is 5.80. The van der Waals surface area contributed by atoms with Gasteiger partial charge in [0.05, 0.1) is 7.11 Å². The summed E-state index contributed by atoms with van der Waals surface area (Å²) in [5.41, 5.74) is 4.96. The molecule has 0 fully saturated rings. The van der Waals surface area contributed by atoms with E-state index in [1.807, 2.05) is 12.1 Å². The van der Waals surface area contributed by atoms with E-state index in [1.54, 1.807) is 7.11 Å². The molecule has 0 radical (unpaired) electrons. The topological polar surface area (TPSA) is 9.23 Å². The summed E-state index contributed by atoms with van der Waals surface area (Å²) in [5, 5.41) is 2.54. The van der Waals surface area contributed by atoms with Gasteiger partial charge in [0.15, 0.2) is 0 Å². The Hall–Kier alpha value is -3.06. The van der Waals surface area contributed by atoms with Crippen LogP contribution in [0.4, 0.5) is 0 Å². The molecule has 0 N–H and O–H groups in total. The van der Waals surface area contributed by atoms with Crippen LogP contribution in [0.3, 0.4) is 0 Å². The summed E-state index contributed by atoms with van der Waals surface area (Å²) in [4.78, 5) is 0. The molecule has 0 atom stereocenters. The van der Waals surface area contributed by atoms with Crippen molar-refractivity contribution in [1.82, 2.24) is 0 Å². The van der Waals surface area contributed by atoms with Gasteiger partial charge in [-0.15, -0.1) is 0 Å². The fourth-order valence-corrected chi connectivity index (χ4v) is 3.19. The molecule has 0 saturated carbocycles. The van der Waals surface area contributed by atoms with Crippen molar-refractivity contribution in [1.29, 1.82) is 0 Å². The van der Waals surface area contributed by atoms with Crippen LogP contribution in [0, 0.1) is 0 Å². The molecule has 0 bridgehead atoms. The SMILES string of the molecule is COc1ccc(-c2ccc(-c3ccccc3)c3ccccc23)cc1. The van der Waals surface area contributed by atoms with Gasteiger partial charge in [0.2, 0.25) is 0 Å². The third-order valence-corrected chi connectivity index (χ3v) is 4.41. The average molecular weight is 310 g/mol. The van der Waals surface area contributed by atoms with E-state index in [-0.39, 0.29) is 0 Å². The van der Waals surface area contributed by atoms with Crippen molar-refractivity contribution >= 4 is 10.8 Å². The van der Waals surface area contributed by atoms with Crippen LogP contribution in [-0.4, -0.2) is 7.11 Å². The zero-order chi connectivity index (χ0) is 16.4. The molecule has 0 aliphatic carbocycles. The second kappa shape index (κ2) is 6.21. The number of hydrogen-bond acceptors (Lipinski definition) is 1. The number of benzene rings is 4. The molecule has 4 aromatic rings. The molecule has 1 heteroatoms. The molecule has 0 heterocycles. The number of rotatable bonds is 3. The Morgan fingerprint density at radius 1 is 0.500 bits per heavy atom. The number of ether oxygens (including phenoxy) is 1. The minimum atomic E-state index is 0.879. The Morgan fingerprint density at radius 2 is 1.00 bits per heavy atom. The molecule has 0 aliphatic rings. The first-order valence-corrected chi connectivity index (χ1v) is 8.08. The van der Waals surface area contributed by atoms with Gasteiger partial charge in [-0.05, 0) is 45.2 Å². The van der Waals surface area contributed by atoms with E-state index in [0.717, 1.165) is 5.75 Å². The molecule has 1 nitrogen and oxygen atoms in total. The highest BCUT2D eigenvalue weighted by molar-refractivity contribution is 6.04. The van der Waals surface area contributed by atoms with Gasteiger partial charge in [-0.2, -0.15) is 0 Å². The molecular weight excluding hydrogens is 292 g/mol. The van der Waals surface area contributed by atoms with E-state index in [4.69, 9.17) is 4.74 Å². The van der Waals surface area contributed by atoms with E-state index < -0.39 is 0 Å². The fraction of sp³-hybridized carbons (Fsp3) is 0.0435. The molecule has 4 rings (SSSR count). The van der Waals surface area contributed by atoms with Gasteiger partial charge in [-0.3, -0.25) is 0 Å². The summed E-state index contributed by atoms with van der Waals surface area (Å²) in [6.07, 6.45) is 0. The van der Waals surface area contributed by atoms with Gasteiger partial charge in [-0.25, -0.2) is 0 Å². The molecule has 0 aliphatic heterocycles. The standard InChI is InChI=1S/C23H18O/c1-24-19-13-11-18(12-14-19)21-16-15-20(17-7-3-2-4-8-17)22-9-5-6-10-23(21)22/h2-16H,1H3. The van der Waals surface area contributed by atoms with Crippen LogP contribution < -0.4 is 4.74 Å². The van der Waals surface area contributed by atoms with Crippen LogP contribution >= 0.6 is 0 Å². The minimum Gasteiger partial charge on any atom is -0.497 e. The first-order valence-electron chi connectivity index (χ1n) is 8.08. The third kappa shape index (κ3) is 2.55. The highest BCUT2D eigenvalue weighted by Gasteiger charge is 2.09. The lowest BCUT2D eigenvalue weighted by Crippen LogP contribution is -1.87. The highest BCUT2D eigenvalue weighted by Crippen LogP contribution is 2.35. The minimum absolute atomic E-state index is 0.879. The van der Waals surface area contributed by atoms with E-state index in [0.29, 0.717) is 0 Å². The van der Waals surface area contributed by atoms with Crippen LogP contribution in [0.25, 0.3) is 33.0 Å². The molecule has 0 amide bonds. The summed E-state index contributed by atoms with van der Waals surface area (Å²) < 4.78 is 5.27. The lowest BCUT2D eigenvalue weighted by molar-refractivity contribution is 0.415. The van der Waals surface area contributed by atoms with E-state index in [2.05, 4.69) is 78.9 Å².